The van der Waals surface area contributed by atoms with E-state index in [-0.39, 0.29) is 31.1 Å². The molecule has 0 N–H and O–H groups in total. The summed E-state index contributed by atoms with van der Waals surface area (Å²) in [5.74, 6) is -0.877. The van der Waals surface area contributed by atoms with Crippen LogP contribution < -0.4 is 0 Å². The molecule has 1 unspecified atom stereocenters. The fourth-order valence-corrected chi connectivity index (χ4v) is 8.76. The van der Waals surface area contributed by atoms with E-state index in [1.807, 2.05) is 0 Å². The Morgan fingerprint density at radius 1 is 0.303 bits per heavy atom. The lowest BCUT2D eigenvalue weighted by Crippen LogP contribution is -2.30. The van der Waals surface area contributed by atoms with Gasteiger partial charge in [-0.15, -0.1) is 0 Å². The molecule has 0 aliphatic carbocycles. The van der Waals surface area contributed by atoms with Crippen molar-refractivity contribution < 1.29 is 28.6 Å². The highest BCUT2D eigenvalue weighted by Gasteiger charge is 2.19. The average Bonchev–Trinajstić information content (AvgIpc) is 3.31. The lowest BCUT2D eigenvalue weighted by molar-refractivity contribution is -0.167. The van der Waals surface area contributed by atoms with Gasteiger partial charge < -0.3 is 14.2 Å². The second kappa shape index (κ2) is 55.5. The molecule has 0 spiro atoms. The van der Waals surface area contributed by atoms with Crippen LogP contribution >= 0.6 is 0 Å². The molecule has 0 aromatic carbocycles. The lowest BCUT2D eigenvalue weighted by atomic mass is 10.0. The van der Waals surface area contributed by atoms with Gasteiger partial charge in [0.1, 0.15) is 13.2 Å². The fraction of sp³-hybridized carbons (Fsp3) is 0.883. The summed E-state index contributed by atoms with van der Waals surface area (Å²) in [4.78, 5) is 37.9. The van der Waals surface area contributed by atoms with Gasteiger partial charge in [0.2, 0.25) is 0 Å². The Bertz CT molecular complexity index is 1070. The molecule has 6 heteroatoms. The quantitative estimate of drug-likeness (QED) is 0.0262. The van der Waals surface area contributed by atoms with E-state index >= 15 is 0 Å². The molecule has 0 saturated carbocycles. The van der Waals surface area contributed by atoms with Gasteiger partial charge in [0.05, 0.1) is 0 Å². The van der Waals surface area contributed by atoms with Gasteiger partial charge in [-0.1, -0.05) is 283 Å². The topological polar surface area (TPSA) is 78.9 Å². The monoisotopic (exact) mass is 929 g/mol. The van der Waals surface area contributed by atoms with Gasteiger partial charge in [-0.3, -0.25) is 14.4 Å². The minimum atomic E-state index is -0.772. The minimum Gasteiger partial charge on any atom is -0.462 e. The molecular formula is C60H112O6. The van der Waals surface area contributed by atoms with Crippen LogP contribution in [0.2, 0.25) is 0 Å². The molecule has 0 fully saturated rings. The molecule has 0 heterocycles. The third kappa shape index (κ3) is 52.9. The van der Waals surface area contributed by atoms with Gasteiger partial charge in [0.15, 0.2) is 6.10 Å². The number of carbonyl (C=O) groups excluding carboxylic acids is 3. The Morgan fingerprint density at radius 2 is 0.561 bits per heavy atom. The predicted molar refractivity (Wildman–Crippen MR) is 284 cm³/mol. The van der Waals surface area contributed by atoms with Crippen molar-refractivity contribution in [3.8, 4) is 0 Å². The summed E-state index contributed by atoms with van der Waals surface area (Å²) < 4.78 is 16.8. The van der Waals surface area contributed by atoms with E-state index < -0.39 is 6.10 Å². The summed E-state index contributed by atoms with van der Waals surface area (Å²) in [6, 6.07) is 0. The van der Waals surface area contributed by atoms with Gasteiger partial charge in [0, 0.05) is 19.3 Å². The van der Waals surface area contributed by atoms with E-state index in [1.54, 1.807) is 0 Å². The average molecular weight is 930 g/mol. The zero-order chi connectivity index (χ0) is 47.9. The van der Waals surface area contributed by atoms with Crippen molar-refractivity contribution in [1.82, 2.24) is 0 Å². The molecule has 66 heavy (non-hydrogen) atoms. The molecule has 0 aliphatic rings. The molecule has 0 aromatic heterocycles. The van der Waals surface area contributed by atoms with Gasteiger partial charge in [-0.2, -0.15) is 0 Å². The summed E-state index contributed by atoms with van der Waals surface area (Å²) in [6.07, 6.45) is 65.0. The van der Waals surface area contributed by atoms with Crippen LogP contribution in [0.1, 0.15) is 323 Å². The number of hydrogen-bond donors (Lipinski definition) is 0. The van der Waals surface area contributed by atoms with Crippen LogP contribution in [0.25, 0.3) is 0 Å². The molecule has 6 nitrogen and oxygen atoms in total. The first kappa shape index (κ1) is 63.9. The number of allylic oxidation sites excluding steroid dienone is 4. The highest BCUT2D eigenvalue weighted by atomic mass is 16.6. The van der Waals surface area contributed by atoms with E-state index in [9.17, 15) is 14.4 Å². The number of ether oxygens (including phenoxy) is 3. The normalized spacial score (nSPS) is 12.1. The molecule has 0 amide bonds. The summed E-state index contributed by atoms with van der Waals surface area (Å²) in [7, 11) is 0. The van der Waals surface area contributed by atoms with Crippen LogP contribution in [0.3, 0.4) is 0 Å². The molecule has 0 aliphatic heterocycles. The van der Waals surface area contributed by atoms with Crippen LogP contribution in [0.4, 0.5) is 0 Å². The first-order valence-electron chi connectivity index (χ1n) is 29.3. The van der Waals surface area contributed by atoms with Crippen LogP contribution in [0.15, 0.2) is 24.3 Å². The summed E-state index contributed by atoms with van der Waals surface area (Å²) >= 11 is 0. The van der Waals surface area contributed by atoms with Crippen molar-refractivity contribution >= 4 is 17.9 Å². The molecule has 0 radical (unpaired) electrons. The first-order valence-corrected chi connectivity index (χ1v) is 29.3. The largest absolute Gasteiger partial charge is 0.462 e. The minimum absolute atomic E-state index is 0.0726. The van der Waals surface area contributed by atoms with E-state index in [0.717, 1.165) is 83.5 Å². The maximum Gasteiger partial charge on any atom is 0.306 e. The Labute approximate surface area is 411 Å². The molecule has 0 rings (SSSR count). The first-order chi connectivity index (χ1) is 32.5. The van der Waals surface area contributed by atoms with Crippen LogP contribution in [-0.4, -0.2) is 37.2 Å². The molecule has 1 atom stereocenters. The van der Waals surface area contributed by atoms with E-state index in [0.29, 0.717) is 19.3 Å². The van der Waals surface area contributed by atoms with Crippen molar-refractivity contribution in [1.29, 1.82) is 0 Å². The second-order valence-electron chi connectivity index (χ2n) is 19.9. The maximum atomic E-state index is 12.8. The lowest BCUT2D eigenvalue weighted by Gasteiger charge is -2.18. The highest BCUT2D eigenvalue weighted by molar-refractivity contribution is 5.71. The summed E-state index contributed by atoms with van der Waals surface area (Å²) in [5, 5.41) is 0. The second-order valence-corrected chi connectivity index (χ2v) is 19.9. The number of hydrogen-bond acceptors (Lipinski definition) is 6. The van der Waals surface area contributed by atoms with Crippen molar-refractivity contribution in [3.63, 3.8) is 0 Å². The third-order valence-corrected chi connectivity index (χ3v) is 13.2. The van der Waals surface area contributed by atoms with Crippen LogP contribution in [0.5, 0.6) is 0 Å². The third-order valence-electron chi connectivity index (χ3n) is 13.2. The fourth-order valence-electron chi connectivity index (χ4n) is 8.76. The van der Waals surface area contributed by atoms with Crippen molar-refractivity contribution in [2.75, 3.05) is 13.2 Å². The van der Waals surface area contributed by atoms with Crippen molar-refractivity contribution in [2.24, 2.45) is 0 Å². The number of carbonyl (C=O) groups is 3. The zero-order valence-electron chi connectivity index (χ0n) is 44.5. The molecular weight excluding hydrogens is 817 g/mol. The van der Waals surface area contributed by atoms with Crippen molar-refractivity contribution in [3.05, 3.63) is 24.3 Å². The Kier molecular flexibility index (Phi) is 53.7. The van der Waals surface area contributed by atoms with Gasteiger partial charge >= 0.3 is 17.9 Å². The van der Waals surface area contributed by atoms with E-state index in [2.05, 4.69) is 45.1 Å². The molecule has 0 saturated heterocycles. The Hall–Kier alpha value is -2.11. The predicted octanol–water partition coefficient (Wildman–Crippen LogP) is 19.5. The summed E-state index contributed by atoms with van der Waals surface area (Å²) in [6.45, 7) is 6.59. The smallest absolute Gasteiger partial charge is 0.306 e. The zero-order valence-corrected chi connectivity index (χ0v) is 44.5. The number of rotatable bonds is 54. The van der Waals surface area contributed by atoms with E-state index in [1.165, 1.54) is 199 Å². The van der Waals surface area contributed by atoms with Gasteiger partial charge in [0.25, 0.3) is 0 Å². The van der Waals surface area contributed by atoms with E-state index in [4.69, 9.17) is 14.2 Å². The standard InChI is InChI=1S/C60H112O6/c1-4-7-10-13-16-18-20-22-24-25-26-27-28-29-30-31-32-33-34-35-36-38-39-41-44-47-50-53-59(62)65-56-57(55-64-58(61)52-49-46-43-15-12-9-6-3)66-60(63)54-51-48-45-42-40-37-23-21-19-17-14-11-8-5-2/h14,17,21,23,57H,4-13,15-16,18-20,22,24-56H2,1-3H3/b17-14-,23-21-. The SMILES string of the molecule is CCCC/C=C\C/C=C\CCCCCCCC(=O)OC(COC(=O)CCCCCCCCC)COC(=O)CCCCCCCCCCCCCCCCCCCCCCCCCCCCC. The Morgan fingerprint density at radius 3 is 0.879 bits per heavy atom. The molecule has 0 bridgehead atoms. The number of esters is 3. The van der Waals surface area contributed by atoms with Crippen LogP contribution in [-0.2, 0) is 28.6 Å². The molecule has 0 aromatic rings. The van der Waals surface area contributed by atoms with Crippen molar-refractivity contribution in [2.45, 2.75) is 329 Å². The molecule has 388 valence electrons. The Balaban J connectivity index is 4.03. The summed E-state index contributed by atoms with van der Waals surface area (Å²) in [5.41, 5.74) is 0. The maximum absolute atomic E-state index is 12.8. The number of unbranched alkanes of at least 4 members (excludes halogenated alkanes) is 39. The van der Waals surface area contributed by atoms with Crippen LogP contribution in [0, 0.1) is 0 Å². The van der Waals surface area contributed by atoms with Gasteiger partial charge in [-0.05, 0) is 44.9 Å². The highest BCUT2D eigenvalue weighted by Crippen LogP contribution is 2.17. The van der Waals surface area contributed by atoms with Gasteiger partial charge in [-0.25, -0.2) is 0 Å².